The van der Waals surface area contributed by atoms with Crippen LogP contribution < -0.4 is 0 Å². The van der Waals surface area contributed by atoms with E-state index in [0.717, 1.165) is 25.7 Å². The van der Waals surface area contributed by atoms with E-state index in [2.05, 4.69) is 11.9 Å². The SMILES string of the molecule is CN1[C@@H]2CC[C@H]1CC(OC(=O)C(CO)c1ccc(F)cc1)C2. The molecule has 2 bridgehead atoms. The van der Waals surface area contributed by atoms with Crippen LogP contribution in [0.15, 0.2) is 24.3 Å². The molecule has 2 unspecified atom stereocenters. The molecule has 1 aromatic carbocycles. The largest absolute Gasteiger partial charge is 0.462 e. The number of carbonyl (C=O) groups excluding carboxylic acids is 1. The number of piperidine rings is 1. The first-order valence-electron chi connectivity index (χ1n) is 7.87. The molecule has 0 amide bonds. The van der Waals surface area contributed by atoms with Crippen molar-refractivity contribution in [1.29, 1.82) is 0 Å². The van der Waals surface area contributed by atoms with Crippen LogP contribution in [0.3, 0.4) is 0 Å². The van der Waals surface area contributed by atoms with Crippen LogP contribution >= 0.6 is 0 Å². The number of hydrogen-bond donors (Lipinski definition) is 1. The van der Waals surface area contributed by atoms with Crippen LogP contribution in [0.5, 0.6) is 0 Å². The zero-order chi connectivity index (χ0) is 15.7. The van der Waals surface area contributed by atoms with Crippen molar-refractivity contribution in [1.82, 2.24) is 4.90 Å². The number of rotatable bonds is 4. The minimum Gasteiger partial charge on any atom is -0.462 e. The number of benzene rings is 1. The van der Waals surface area contributed by atoms with Crippen LogP contribution in [-0.2, 0) is 9.53 Å². The minimum atomic E-state index is -0.738. The molecule has 0 radical (unpaired) electrons. The molecule has 2 heterocycles. The molecule has 120 valence electrons. The van der Waals surface area contributed by atoms with Crippen molar-refractivity contribution in [3.63, 3.8) is 0 Å². The summed E-state index contributed by atoms with van der Waals surface area (Å²) in [6, 6.07) is 6.62. The summed E-state index contributed by atoms with van der Waals surface area (Å²) < 4.78 is 18.6. The van der Waals surface area contributed by atoms with Gasteiger partial charge in [-0.3, -0.25) is 4.79 Å². The normalized spacial score (nSPS) is 29.3. The lowest BCUT2D eigenvalue weighted by molar-refractivity contribution is -0.155. The Bertz CT molecular complexity index is 519. The van der Waals surface area contributed by atoms with E-state index in [-0.39, 0.29) is 18.5 Å². The predicted molar refractivity (Wildman–Crippen MR) is 79.9 cm³/mol. The molecule has 5 heteroatoms. The fraction of sp³-hybridized carbons (Fsp3) is 0.588. The van der Waals surface area contributed by atoms with E-state index < -0.39 is 11.9 Å². The standard InChI is InChI=1S/C17H22FNO3/c1-19-13-6-7-14(19)9-15(8-13)22-17(21)16(10-20)11-2-4-12(18)5-3-11/h2-5,13-16,20H,6-10H2,1H3/t13-,14+,15?,16?. The van der Waals surface area contributed by atoms with Crippen molar-refractivity contribution in [2.24, 2.45) is 0 Å². The van der Waals surface area contributed by atoms with Crippen LogP contribution in [0, 0.1) is 5.82 Å². The van der Waals surface area contributed by atoms with E-state index >= 15 is 0 Å². The molecular formula is C17H22FNO3. The summed E-state index contributed by atoms with van der Waals surface area (Å²) >= 11 is 0. The van der Waals surface area contributed by atoms with E-state index in [4.69, 9.17) is 4.74 Å². The molecule has 0 aromatic heterocycles. The quantitative estimate of drug-likeness (QED) is 0.865. The van der Waals surface area contributed by atoms with Gasteiger partial charge in [-0.1, -0.05) is 12.1 Å². The Balaban J connectivity index is 1.64. The summed E-state index contributed by atoms with van der Waals surface area (Å²) in [6.07, 6.45) is 3.98. The second-order valence-electron chi connectivity index (χ2n) is 6.37. The van der Waals surface area contributed by atoms with Crippen molar-refractivity contribution in [3.8, 4) is 0 Å². The van der Waals surface area contributed by atoms with Gasteiger partial charge in [0.15, 0.2) is 0 Å². The van der Waals surface area contributed by atoms with Crippen LogP contribution in [0.4, 0.5) is 4.39 Å². The molecule has 2 aliphatic rings. The molecule has 1 aromatic rings. The van der Waals surface area contributed by atoms with Crippen LogP contribution in [0.25, 0.3) is 0 Å². The number of carbonyl (C=O) groups is 1. The summed E-state index contributed by atoms with van der Waals surface area (Å²) in [5.41, 5.74) is 0.588. The summed E-state index contributed by atoms with van der Waals surface area (Å²) in [4.78, 5) is 14.7. The molecule has 1 N–H and O–H groups in total. The average Bonchev–Trinajstić information content (AvgIpc) is 2.72. The van der Waals surface area contributed by atoms with Crippen LogP contribution in [0.1, 0.15) is 37.2 Å². The molecular weight excluding hydrogens is 285 g/mol. The van der Waals surface area contributed by atoms with Crippen LogP contribution in [-0.4, -0.2) is 47.8 Å². The Kier molecular flexibility index (Phi) is 4.45. The molecule has 2 aliphatic heterocycles. The summed E-state index contributed by atoms with van der Waals surface area (Å²) in [5.74, 6) is -1.51. The van der Waals surface area contributed by atoms with Gasteiger partial charge in [0.05, 0.1) is 6.61 Å². The van der Waals surface area contributed by atoms with Crippen molar-refractivity contribution in [2.45, 2.75) is 49.8 Å². The topological polar surface area (TPSA) is 49.8 Å². The smallest absolute Gasteiger partial charge is 0.316 e. The number of aliphatic hydroxyl groups excluding tert-OH is 1. The maximum absolute atomic E-state index is 13.0. The number of halogens is 1. The van der Waals surface area contributed by atoms with Gasteiger partial charge in [0.25, 0.3) is 0 Å². The van der Waals surface area contributed by atoms with Crippen molar-refractivity contribution >= 4 is 5.97 Å². The number of fused-ring (bicyclic) bond motifs is 2. The van der Waals surface area contributed by atoms with E-state index in [1.165, 1.54) is 24.3 Å². The van der Waals surface area contributed by atoms with Gasteiger partial charge in [-0.25, -0.2) is 4.39 Å². The van der Waals surface area contributed by atoms with E-state index in [9.17, 15) is 14.3 Å². The number of hydrogen-bond acceptors (Lipinski definition) is 4. The lowest BCUT2D eigenvalue weighted by atomic mass is 9.98. The van der Waals surface area contributed by atoms with Crippen molar-refractivity contribution < 1.29 is 19.0 Å². The molecule has 0 aliphatic carbocycles. The number of ether oxygens (including phenoxy) is 1. The van der Waals surface area contributed by atoms with E-state index in [0.29, 0.717) is 17.6 Å². The predicted octanol–water partition coefficient (Wildman–Crippen LogP) is 2.07. The summed E-state index contributed by atoms with van der Waals surface area (Å²) in [5, 5.41) is 9.50. The second-order valence-corrected chi connectivity index (χ2v) is 6.37. The molecule has 4 atom stereocenters. The third kappa shape index (κ3) is 3.01. The third-order valence-corrected chi connectivity index (χ3v) is 5.08. The lowest BCUT2D eigenvalue weighted by Gasteiger charge is -2.36. The molecule has 4 nitrogen and oxygen atoms in total. The number of aliphatic hydroxyl groups is 1. The number of nitrogens with zero attached hydrogens (tertiary/aromatic N) is 1. The zero-order valence-corrected chi connectivity index (χ0v) is 12.7. The highest BCUT2D eigenvalue weighted by Crippen LogP contribution is 2.36. The maximum Gasteiger partial charge on any atom is 0.316 e. The highest BCUT2D eigenvalue weighted by atomic mass is 19.1. The van der Waals surface area contributed by atoms with Gasteiger partial charge < -0.3 is 14.7 Å². The monoisotopic (exact) mass is 307 g/mol. The molecule has 2 fully saturated rings. The third-order valence-electron chi connectivity index (χ3n) is 5.08. The Hall–Kier alpha value is -1.46. The number of esters is 1. The summed E-state index contributed by atoms with van der Waals surface area (Å²) in [6.45, 7) is -0.329. The Labute approximate surface area is 129 Å². The molecule has 3 rings (SSSR count). The first kappa shape index (κ1) is 15.4. The Morgan fingerprint density at radius 1 is 1.32 bits per heavy atom. The van der Waals surface area contributed by atoms with Crippen LogP contribution in [0.2, 0.25) is 0 Å². The summed E-state index contributed by atoms with van der Waals surface area (Å²) in [7, 11) is 2.13. The fourth-order valence-electron chi connectivity index (χ4n) is 3.72. The second kappa shape index (κ2) is 6.34. The molecule has 2 saturated heterocycles. The Morgan fingerprint density at radius 3 is 2.45 bits per heavy atom. The molecule has 0 saturated carbocycles. The molecule has 22 heavy (non-hydrogen) atoms. The van der Waals surface area contributed by atoms with Gasteiger partial charge in [0.2, 0.25) is 0 Å². The van der Waals surface area contributed by atoms with Gasteiger partial charge in [-0.15, -0.1) is 0 Å². The van der Waals surface area contributed by atoms with Gasteiger partial charge in [0, 0.05) is 12.1 Å². The van der Waals surface area contributed by atoms with E-state index in [1.54, 1.807) is 0 Å². The van der Waals surface area contributed by atoms with Crippen molar-refractivity contribution in [3.05, 3.63) is 35.6 Å². The van der Waals surface area contributed by atoms with Gasteiger partial charge in [-0.05, 0) is 50.4 Å². The fourth-order valence-corrected chi connectivity index (χ4v) is 3.72. The minimum absolute atomic E-state index is 0.0734. The van der Waals surface area contributed by atoms with Gasteiger partial charge in [-0.2, -0.15) is 0 Å². The lowest BCUT2D eigenvalue weighted by Crippen LogP contribution is -2.43. The van der Waals surface area contributed by atoms with Gasteiger partial charge >= 0.3 is 5.97 Å². The van der Waals surface area contributed by atoms with Gasteiger partial charge in [0.1, 0.15) is 17.8 Å². The Morgan fingerprint density at radius 2 is 1.91 bits per heavy atom. The molecule has 0 spiro atoms. The average molecular weight is 307 g/mol. The first-order chi connectivity index (χ1) is 10.6. The highest BCUT2D eigenvalue weighted by Gasteiger charge is 2.40. The maximum atomic E-state index is 13.0. The zero-order valence-electron chi connectivity index (χ0n) is 12.7. The first-order valence-corrected chi connectivity index (χ1v) is 7.87. The highest BCUT2D eigenvalue weighted by molar-refractivity contribution is 5.78. The van der Waals surface area contributed by atoms with E-state index in [1.807, 2.05) is 0 Å². The van der Waals surface area contributed by atoms with Crippen molar-refractivity contribution in [2.75, 3.05) is 13.7 Å².